The zero-order chi connectivity index (χ0) is 33.6. The molecular formula is C36H48N4O5Si. The lowest BCUT2D eigenvalue weighted by atomic mass is 9.86. The average Bonchev–Trinajstić information content (AvgIpc) is 3.32. The van der Waals surface area contributed by atoms with Crippen molar-refractivity contribution in [1.29, 1.82) is 0 Å². The van der Waals surface area contributed by atoms with Crippen molar-refractivity contribution in [2.24, 2.45) is 0 Å². The van der Waals surface area contributed by atoms with Gasteiger partial charge in [-0.2, -0.15) is 0 Å². The van der Waals surface area contributed by atoms with Gasteiger partial charge in [-0.1, -0.05) is 31.8 Å². The van der Waals surface area contributed by atoms with Crippen LogP contribution in [0, 0.1) is 20.8 Å². The van der Waals surface area contributed by atoms with Crippen molar-refractivity contribution >= 4 is 36.6 Å². The van der Waals surface area contributed by atoms with Crippen LogP contribution in [0.1, 0.15) is 49.3 Å². The summed E-state index contributed by atoms with van der Waals surface area (Å²) in [7, 11) is 1.67. The van der Waals surface area contributed by atoms with Crippen LogP contribution in [0.25, 0.3) is 22.0 Å². The Kier molecular flexibility index (Phi) is 9.25. The summed E-state index contributed by atoms with van der Waals surface area (Å²) >= 11 is 0. The summed E-state index contributed by atoms with van der Waals surface area (Å²) in [5.74, 6) is 1.48. The number of nitrogens with zero attached hydrogens (tertiary/aromatic N) is 4. The van der Waals surface area contributed by atoms with E-state index >= 15 is 0 Å². The summed E-state index contributed by atoms with van der Waals surface area (Å²) in [6.45, 7) is 21.2. The van der Waals surface area contributed by atoms with E-state index in [1.807, 2.05) is 20.8 Å². The molecule has 0 amide bonds. The third-order valence-corrected chi connectivity index (χ3v) is 10.1. The molecule has 0 saturated carbocycles. The summed E-state index contributed by atoms with van der Waals surface area (Å²) in [5.41, 5.74) is 7.08. The molecule has 9 nitrogen and oxygen atoms in total. The van der Waals surface area contributed by atoms with Gasteiger partial charge in [-0.3, -0.25) is 0 Å². The van der Waals surface area contributed by atoms with E-state index in [4.69, 9.17) is 18.9 Å². The Balaban J connectivity index is 1.86. The number of carbonyl (C=O) groups excluding carboxylic acids is 1. The molecule has 2 aromatic heterocycles. The largest absolute Gasteiger partial charge is 0.494 e. The van der Waals surface area contributed by atoms with E-state index in [-0.39, 0.29) is 0 Å². The summed E-state index contributed by atoms with van der Waals surface area (Å²) in [6.07, 6.45) is 2.36. The smallest absolute Gasteiger partial charge is 0.339 e. The molecule has 246 valence electrons. The number of anilines is 2. The lowest BCUT2D eigenvalue weighted by Gasteiger charge is -2.35. The number of esters is 1. The van der Waals surface area contributed by atoms with Gasteiger partial charge in [0, 0.05) is 48.9 Å². The fraction of sp³-hybridized carbons (Fsp3) is 0.472. The maximum absolute atomic E-state index is 13.8. The highest BCUT2D eigenvalue weighted by Crippen LogP contribution is 2.51. The molecule has 0 saturated heterocycles. The summed E-state index contributed by atoms with van der Waals surface area (Å²) in [4.78, 5) is 25.2. The third-order valence-electron chi connectivity index (χ3n) is 8.40. The minimum atomic E-state index is -1.34. The highest BCUT2D eigenvalue weighted by molar-refractivity contribution is 6.76. The number of methoxy groups -OCH3 is 2. The molecule has 1 aliphatic heterocycles. The molecule has 2 aromatic carbocycles. The van der Waals surface area contributed by atoms with Gasteiger partial charge in [0.1, 0.15) is 5.75 Å². The van der Waals surface area contributed by atoms with Crippen LogP contribution in [-0.2, 0) is 20.8 Å². The summed E-state index contributed by atoms with van der Waals surface area (Å²) in [6, 6.07) is 9.57. The third kappa shape index (κ3) is 6.64. The average molecular weight is 645 g/mol. The molecular weight excluding hydrogens is 597 g/mol. The van der Waals surface area contributed by atoms with Crippen LogP contribution in [0.2, 0.25) is 25.7 Å². The van der Waals surface area contributed by atoms with Gasteiger partial charge in [0.2, 0.25) is 5.95 Å². The van der Waals surface area contributed by atoms with E-state index in [0.717, 1.165) is 68.4 Å². The summed E-state index contributed by atoms with van der Waals surface area (Å²) in [5, 5.41) is 1.01. The van der Waals surface area contributed by atoms with Gasteiger partial charge >= 0.3 is 5.97 Å². The van der Waals surface area contributed by atoms with Crippen molar-refractivity contribution < 1.29 is 23.7 Å². The molecule has 0 spiro atoms. The van der Waals surface area contributed by atoms with Crippen molar-refractivity contribution in [3.63, 3.8) is 0 Å². The minimum Gasteiger partial charge on any atom is -0.494 e. The van der Waals surface area contributed by atoms with Crippen molar-refractivity contribution in [3.8, 4) is 22.6 Å². The number of rotatable bonds is 10. The fourth-order valence-corrected chi connectivity index (χ4v) is 6.89. The Hall–Kier alpha value is -3.89. The van der Waals surface area contributed by atoms with Gasteiger partial charge in [-0.25, -0.2) is 14.8 Å². The number of hydrogen-bond donors (Lipinski definition) is 0. The summed E-state index contributed by atoms with van der Waals surface area (Å²) < 4.78 is 26.3. The molecule has 1 atom stereocenters. The Bertz CT molecular complexity index is 1750. The van der Waals surface area contributed by atoms with E-state index < -0.39 is 25.7 Å². The predicted molar refractivity (Wildman–Crippen MR) is 186 cm³/mol. The van der Waals surface area contributed by atoms with Gasteiger partial charge in [-0.15, -0.1) is 0 Å². The molecule has 0 bridgehead atoms. The number of benzene rings is 2. The zero-order valence-corrected chi connectivity index (χ0v) is 30.2. The van der Waals surface area contributed by atoms with Gasteiger partial charge in [0.05, 0.1) is 50.0 Å². The highest BCUT2D eigenvalue weighted by Gasteiger charge is 2.38. The Labute approximate surface area is 273 Å². The van der Waals surface area contributed by atoms with Crippen LogP contribution in [0.15, 0.2) is 36.7 Å². The van der Waals surface area contributed by atoms with Gasteiger partial charge < -0.3 is 28.4 Å². The second-order valence-corrected chi connectivity index (χ2v) is 19.9. The van der Waals surface area contributed by atoms with Crippen molar-refractivity contribution in [2.45, 2.75) is 85.5 Å². The predicted octanol–water partition coefficient (Wildman–Crippen LogP) is 7.93. The fourth-order valence-electron chi connectivity index (χ4n) is 6.17. The first-order valence-corrected chi connectivity index (χ1v) is 19.6. The molecule has 0 fully saturated rings. The molecule has 0 radical (unpaired) electrons. The Morgan fingerprint density at radius 3 is 2.33 bits per heavy atom. The minimum absolute atomic E-state index is 0.460. The molecule has 5 rings (SSSR count). The monoisotopic (exact) mass is 644 g/mol. The van der Waals surface area contributed by atoms with Crippen molar-refractivity contribution in [1.82, 2.24) is 14.5 Å². The van der Waals surface area contributed by atoms with Crippen LogP contribution < -0.4 is 14.4 Å². The second kappa shape index (κ2) is 12.7. The maximum atomic E-state index is 13.8. The first-order chi connectivity index (χ1) is 21.6. The van der Waals surface area contributed by atoms with Gasteiger partial charge in [0.15, 0.2) is 11.9 Å². The number of hydrogen-bond acceptors (Lipinski definition) is 8. The molecule has 3 heterocycles. The number of carbonyl (C=O) groups is 1. The first-order valence-electron chi connectivity index (χ1n) is 15.9. The second-order valence-electron chi connectivity index (χ2n) is 14.3. The van der Waals surface area contributed by atoms with Crippen molar-refractivity contribution in [2.75, 3.05) is 32.3 Å². The Morgan fingerprint density at radius 1 is 1.02 bits per heavy atom. The number of ether oxygens (including phenoxy) is 4. The van der Waals surface area contributed by atoms with Gasteiger partial charge in [-0.05, 0) is 70.8 Å². The van der Waals surface area contributed by atoms with E-state index in [1.165, 1.54) is 7.11 Å². The van der Waals surface area contributed by atoms with E-state index in [1.54, 1.807) is 19.5 Å². The lowest BCUT2D eigenvalue weighted by Crippen LogP contribution is -2.32. The van der Waals surface area contributed by atoms with Gasteiger partial charge in [0.25, 0.3) is 0 Å². The molecule has 4 aromatic rings. The van der Waals surface area contributed by atoms with Crippen LogP contribution in [0.3, 0.4) is 0 Å². The Morgan fingerprint density at radius 2 is 1.72 bits per heavy atom. The zero-order valence-electron chi connectivity index (χ0n) is 29.2. The molecule has 0 aliphatic carbocycles. The first kappa shape index (κ1) is 33.5. The maximum Gasteiger partial charge on any atom is 0.339 e. The molecule has 46 heavy (non-hydrogen) atoms. The molecule has 0 unspecified atom stereocenters. The molecule has 1 aliphatic rings. The lowest BCUT2D eigenvalue weighted by molar-refractivity contribution is -0.164. The highest BCUT2D eigenvalue weighted by atomic mass is 28.3. The topological polar surface area (TPSA) is 87.9 Å². The number of aryl methyl sites for hydroxylation is 2. The van der Waals surface area contributed by atoms with Crippen LogP contribution >= 0.6 is 0 Å². The van der Waals surface area contributed by atoms with Crippen LogP contribution in [0.4, 0.5) is 11.6 Å². The van der Waals surface area contributed by atoms with Crippen molar-refractivity contribution in [3.05, 3.63) is 59.0 Å². The van der Waals surface area contributed by atoms with E-state index in [2.05, 4.69) is 84.1 Å². The quantitative estimate of drug-likeness (QED) is 0.127. The molecule has 0 N–H and O–H groups in total. The normalized spacial score (nSPS) is 14.0. The van der Waals surface area contributed by atoms with Crippen LogP contribution in [0.5, 0.6) is 11.5 Å². The van der Waals surface area contributed by atoms with Crippen LogP contribution in [-0.4, -0.2) is 61.6 Å². The van der Waals surface area contributed by atoms with E-state index in [9.17, 15) is 4.79 Å². The SMILES string of the molecule is COC(=O)[C@@H](OC(C)(C)C)c1c(C)c2c3c(cc(C)n3CCN2c2ncc(OC)cn2)c1-c1ccc(C)cc1OCC[Si](C)(C)C. The standard InChI is InChI=1S/C36H48N4O5Si/c1-22-12-13-26(28(18-22)44-16-17-46(9,10)11)30-27-19-23(2)39-14-15-40(35-37-20-25(42-7)21-38-35)31(32(27)39)24(3)29(30)33(34(41)43-8)45-36(4,5)6/h12-13,18-21,33H,14-17H2,1-11H3/t33-/m0/s1. The number of aromatic nitrogens is 3. The van der Waals surface area contributed by atoms with E-state index in [0.29, 0.717) is 24.8 Å². The molecule has 10 heteroatoms.